The molecular weight excluding hydrogens is 436 g/mol. The highest BCUT2D eigenvalue weighted by Crippen LogP contribution is 2.27. The summed E-state index contributed by atoms with van der Waals surface area (Å²) in [5.41, 5.74) is 3.25. The predicted molar refractivity (Wildman–Crippen MR) is 135 cm³/mol. The zero-order valence-electron chi connectivity index (χ0n) is 18.2. The third-order valence-electron chi connectivity index (χ3n) is 5.08. The van der Waals surface area contributed by atoms with E-state index in [0.29, 0.717) is 18.5 Å². The Morgan fingerprint density at radius 3 is 2.44 bits per heavy atom. The maximum atomic E-state index is 5.78. The molecule has 1 atom stereocenters. The Bertz CT molecular complexity index is 987. The number of thioether (sulfide) groups is 1. The molecule has 166 valence electrons. The zero-order chi connectivity index (χ0) is 22.0. The quantitative estimate of drug-likeness (QED) is 0.231. The molecule has 1 N–H and O–H groups in total. The Balaban J connectivity index is 1.17. The van der Waals surface area contributed by atoms with E-state index in [1.165, 1.54) is 15.4 Å². The molecule has 0 spiro atoms. The summed E-state index contributed by atoms with van der Waals surface area (Å²) in [6.07, 6.45) is 1.10. The van der Waals surface area contributed by atoms with E-state index in [2.05, 4.69) is 71.1 Å². The number of hydrogen-bond donors (Lipinski definition) is 1. The maximum absolute atomic E-state index is 5.78. The van der Waals surface area contributed by atoms with Crippen molar-refractivity contribution < 1.29 is 9.57 Å². The number of rotatable bonds is 10. The monoisotopic (exact) mass is 464 g/mol. The van der Waals surface area contributed by atoms with E-state index < -0.39 is 0 Å². The van der Waals surface area contributed by atoms with Crippen LogP contribution in [0.1, 0.15) is 18.1 Å². The highest BCUT2D eigenvalue weighted by Gasteiger charge is 2.15. The molecule has 1 unspecified atom stereocenters. The Labute approximate surface area is 198 Å². The summed E-state index contributed by atoms with van der Waals surface area (Å²) < 4.78 is 5.78. The van der Waals surface area contributed by atoms with E-state index in [-0.39, 0.29) is 0 Å². The first-order valence-corrected chi connectivity index (χ1v) is 12.7. The van der Waals surface area contributed by atoms with Crippen molar-refractivity contribution in [1.29, 1.82) is 0 Å². The van der Waals surface area contributed by atoms with Crippen LogP contribution in [0.2, 0.25) is 0 Å². The Hall–Kier alpha value is -2.41. The fraction of sp³-hybridized carbons (Fsp3) is 0.269. The summed E-state index contributed by atoms with van der Waals surface area (Å²) in [6, 6.07) is 27.1. The lowest BCUT2D eigenvalue weighted by Gasteiger charge is -2.09. The van der Waals surface area contributed by atoms with Gasteiger partial charge in [0.2, 0.25) is 0 Å². The summed E-state index contributed by atoms with van der Waals surface area (Å²) in [6.45, 7) is 3.92. The molecule has 1 saturated heterocycles. The van der Waals surface area contributed by atoms with E-state index in [0.717, 1.165) is 35.9 Å². The second kappa shape index (κ2) is 12.0. The van der Waals surface area contributed by atoms with E-state index in [1.807, 2.05) is 36.9 Å². The van der Waals surface area contributed by atoms with Gasteiger partial charge in [-0.2, -0.15) is 0 Å². The maximum Gasteiger partial charge on any atom is 0.151 e. The molecule has 4 rings (SSSR count). The van der Waals surface area contributed by atoms with Gasteiger partial charge in [0.05, 0.1) is 5.71 Å². The van der Waals surface area contributed by atoms with Crippen LogP contribution in [0.15, 0.2) is 93.8 Å². The van der Waals surface area contributed by atoms with E-state index in [9.17, 15) is 0 Å². The molecule has 1 heterocycles. The van der Waals surface area contributed by atoms with Crippen molar-refractivity contribution in [3.63, 3.8) is 0 Å². The fourth-order valence-corrected chi connectivity index (χ4v) is 5.21. The first kappa shape index (κ1) is 22.8. The van der Waals surface area contributed by atoms with Crippen LogP contribution in [0.5, 0.6) is 5.75 Å². The summed E-state index contributed by atoms with van der Waals surface area (Å²) in [5, 5.41) is 8.29. The molecule has 1 aliphatic rings. The van der Waals surface area contributed by atoms with Gasteiger partial charge in [-0.05, 0) is 60.9 Å². The van der Waals surface area contributed by atoms with Crippen LogP contribution in [0, 0.1) is 0 Å². The van der Waals surface area contributed by atoms with Crippen LogP contribution < -0.4 is 10.1 Å². The van der Waals surface area contributed by atoms with Crippen molar-refractivity contribution in [2.75, 3.05) is 25.6 Å². The molecular formula is C26H28N2O2S2. The molecule has 0 aliphatic carbocycles. The van der Waals surface area contributed by atoms with Crippen molar-refractivity contribution in [3.05, 3.63) is 90.0 Å². The molecule has 6 heteroatoms. The summed E-state index contributed by atoms with van der Waals surface area (Å²) in [5.74, 6) is 1.92. The zero-order valence-corrected chi connectivity index (χ0v) is 19.8. The number of nitrogens with zero attached hydrogens (tertiary/aromatic N) is 1. The SMILES string of the molecule is CC(=NOCCOc1ccc(CC2CNCS2)cc1)c1ccc(Sc2ccccc2)cc1. The lowest BCUT2D eigenvalue weighted by molar-refractivity contribution is 0.107. The fourth-order valence-electron chi connectivity index (χ4n) is 3.35. The van der Waals surface area contributed by atoms with Crippen LogP contribution in [-0.4, -0.2) is 36.6 Å². The first-order valence-electron chi connectivity index (χ1n) is 10.8. The van der Waals surface area contributed by atoms with E-state index in [4.69, 9.17) is 9.57 Å². The average Bonchev–Trinajstić information content (AvgIpc) is 3.34. The third kappa shape index (κ3) is 7.05. The average molecular weight is 465 g/mol. The topological polar surface area (TPSA) is 42.9 Å². The number of nitrogens with one attached hydrogen (secondary N) is 1. The minimum atomic E-state index is 0.408. The van der Waals surface area contributed by atoms with E-state index in [1.54, 1.807) is 11.8 Å². The molecule has 1 aliphatic heterocycles. The lowest BCUT2D eigenvalue weighted by Crippen LogP contribution is -2.14. The molecule has 0 amide bonds. The molecule has 1 fully saturated rings. The summed E-state index contributed by atoms with van der Waals surface area (Å²) >= 11 is 3.74. The Morgan fingerprint density at radius 2 is 1.72 bits per heavy atom. The molecule has 0 bridgehead atoms. The highest BCUT2D eigenvalue weighted by atomic mass is 32.2. The number of benzene rings is 3. The molecule has 0 aromatic heterocycles. The van der Waals surface area contributed by atoms with Gasteiger partial charge in [0, 0.05) is 27.5 Å². The van der Waals surface area contributed by atoms with Crippen LogP contribution in [0.3, 0.4) is 0 Å². The van der Waals surface area contributed by atoms with Crippen LogP contribution >= 0.6 is 23.5 Å². The van der Waals surface area contributed by atoms with Gasteiger partial charge in [-0.1, -0.05) is 59.4 Å². The van der Waals surface area contributed by atoms with Gasteiger partial charge in [0.15, 0.2) is 6.61 Å². The predicted octanol–water partition coefficient (Wildman–Crippen LogP) is 5.86. The molecule has 0 saturated carbocycles. The van der Waals surface area contributed by atoms with Crippen molar-refractivity contribution in [1.82, 2.24) is 5.32 Å². The van der Waals surface area contributed by atoms with Gasteiger partial charge < -0.3 is 14.9 Å². The van der Waals surface area contributed by atoms with Gasteiger partial charge in [-0.25, -0.2) is 0 Å². The second-order valence-electron chi connectivity index (χ2n) is 7.53. The van der Waals surface area contributed by atoms with Crippen molar-refractivity contribution in [2.24, 2.45) is 5.16 Å². The van der Waals surface area contributed by atoms with Crippen molar-refractivity contribution >= 4 is 29.2 Å². The highest BCUT2D eigenvalue weighted by molar-refractivity contribution is 8.00. The van der Waals surface area contributed by atoms with Crippen LogP contribution in [0.4, 0.5) is 0 Å². The second-order valence-corrected chi connectivity index (χ2v) is 9.97. The molecule has 3 aromatic rings. The Morgan fingerprint density at radius 1 is 0.969 bits per heavy atom. The van der Waals surface area contributed by atoms with Crippen molar-refractivity contribution in [2.45, 2.75) is 28.4 Å². The minimum absolute atomic E-state index is 0.408. The van der Waals surface area contributed by atoms with Crippen molar-refractivity contribution in [3.8, 4) is 5.75 Å². The van der Waals surface area contributed by atoms with Crippen LogP contribution in [0.25, 0.3) is 0 Å². The number of ether oxygens (including phenoxy) is 1. The normalized spacial score (nSPS) is 16.2. The van der Waals surface area contributed by atoms with E-state index >= 15 is 0 Å². The first-order chi connectivity index (χ1) is 15.8. The molecule has 3 aromatic carbocycles. The number of hydrogen-bond acceptors (Lipinski definition) is 6. The van der Waals surface area contributed by atoms with Gasteiger partial charge in [-0.3, -0.25) is 0 Å². The standard InChI is InChI=1S/C26H28N2O2S2/c1-20(22-9-13-25(14-10-22)32-24-5-3-2-4-6-24)28-30-16-15-29-23-11-7-21(8-12-23)17-26-18-27-19-31-26/h2-14,26-27H,15-19H2,1H3. The van der Waals surface area contributed by atoms with Gasteiger partial charge in [-0.15, -0.1) is 11.8 Å². The smallest absolute Gasteiger partial charge is 0.151 e. The van der Waals surface area contributed by atoms with Gasteiger partial charge in [0.25, 0.3) is 0 Å². The number of oxime groups is 1. The minimum Gasteiger partial charge on any atom is -0.490 e. The molecule has 0 radical (unpaired) electrons. The lowest BCUT2D eigenvalue weighted by atomic mass is 10.1. The summed E-state index contributed by atoms with van der Waals surface area (Å²) in [4.78, 5) is 7.89. The van der Waals surface area contributed by atoms with Gasteiger partial charge >= 0.3 is 0 Å². The third-order valence-corrected chi connectivity index (χ3v) is 7.27. The molecule has 4 nitrogen and oxygen atoms in total. The van der Waals surface area contributed by atoms with Crippen LogP contribution in [-0.2, 0) is 11.3 Å². The molecule has 32 heavy (non-hydrogen) atoms. The Kier molecular flexibility index (Phi) is 8.54. The van der Waals surface area contributed by atoms with Gasteiger partial charge in [0.1, 0.15) is 12.4 Å². The largest absolute Gasteiger partial charge is 0.490 e. The summed E-state index contributed by atoms with van der Waals surface area (Å²) in [7, 11) is 0.